The highest BCUT2D eigenvalue weighted by molar-refractivity contribution is 7.90. The minimum absolute atomic E-state index is 0.0264. The van der Waals surface area contributed by atoms with Crippen LogP contribution in [0.5, 0.6) is 5.75 Å². The summed E-state index contributed by atoms with van der Waals surface area (Å²) in [4.78, 5) is 12.6. The second-order valence-electron chi connectivity index (χ2n) is 7.35. The zero-order valence-electron chi connectivity index (χ0n) is 16.0. The summed E-state index contributed by atoms with van der Waals surface area (Å²) in [7, 11) is -4.02. The molecule has 2 aromatic carbocycles. The van der Waals surface area contributed by atoms with Gasteiger partial charge in [-0.25, -0.2) is 12.4 Å². The van der Waals surface area contributed by atoms with Crippen LogP contribution < -0.4 is 4.74 Å². The number of hydrogen-bond donors (Lipinski definition) is 0. The summed E-state index contributed by atoms with van der Waals surface area (Å²) in [6, 6.07) is 14.9. The van der Waals surface area contributed by atoms with Crippen molar-refractivity contribution in [1.82, 2.24) is 3.97 Å². The van der Waals surface area contributed by atoms with Crippen molar-refractivity contribution in [2.45, 2.75) is 31.1 Å². The number of hydrogen-bond acceptors (Lipinski definition) is 5. The van der Waals surface area contributed by atoms with Crippen molar-refractivity contribution in [3.8, 4) is 11.8 Å². The number of aromatic nitrogens is 1. The smallest absolute Gasteiger partial charge is 0.268 e. The van der Waals surface area contributed by atoms with Gasteiger partial charge in [0.15, 0.2) is 5.78 Å². The van der Waals surface area contributed by atoms with Gasteiger partial charge in [-0.2, -0.15) is 5.26 Å². The fourth-order valence-corrected chi connectivity index (χ4v) is 4.72. The molecule has 1 fully saturated rings. The van der Waals surface area contributed by atoms with E-state index in [2.05, 4.69) is 0 Å². The number of ketones is 1. The SMILES string of the molecule is Cc1ccc(S(=O)(=O)n2c(C(=O)CC#N)cc3cc(OCC4CC4)ccc32)cc1. The molecule has 0 aliphatic heterocycles. The number of carbonyl (C=O) groups excluding carboxylic acids is 1. The van der Waals surface area contributed by atoms with Gasteiger partial charge in [0, 0.05) is 5.39 Å². The third-order valence-corrected chi connectivity index (χ3v) is 6.74. The van der Waals surface area contributed by atoms with Crippen LogP contribution >= 0.6 is 0 Å². The number of ether oxygens (including phenoxy) is 1. The first-order valence-corrected chi connectivity index (χ1v) is 10.8. The molecule has 3 aromatic rings. The van der Waals surface area contributed by atoms with Crippen LogP contribution in [0, 0.1) is 24.2 Å². The first-order valence-electron chi connectivity index (χ1n) is 9.41. The lowest BCUT2D eigenvalue weighted by molar-refractivity contribution is 0.0992. The Morgan fingerprint density at radius 1 is 1.17 bits per heavy atom. The Morgan fingerprint density at radius 2 is 1.90 bits per heavy atom. The molecule has 7 heteroatoms. The van der Waals surface area contributed by atoms with E-state index in [0.717, 1.165) is 9.54 Å². The van der Waals surface area contributed by atoms with Crippen LogP contribution in [0.4, 0.5) is 0 Å². The van der Waals surface area contributed by atoms with E-state index in [4.69, 9.17) is 10.00 Å². The van der Waals surface area contributed by atoms with Crippen LogP contribution in [0.1, 0.15) is 35.3 Å². The maximum absolute atomic E-state index is 13.4. The summed E-state index contributed by atoms with van der Waals surface area (Å²) in [5.74, 6) is 0.679. The number of benzene rings is 2. The zero-order chi connectivity index (χ0) is 20.6. The summed E-state index contributed by atoms with van der Waals surface area (Å²) in [5.41, 5.74) is 1.28. The minimum Gasteiger partial charge on any atom is -0.493 e. The van der Waals surface area contributed by atoms with Crippen molar-refractivity contribution in [3.05, 3.63) is 59.8 Å². The maximum atomic E-state index is 13.4. The molecule has 29 heavy (non-hydrogen) atoms. The van der Waals surface area contributed by atoms with Gasteiger partial charge >= 0.3 is 0 Å². The van der Waals surface area contributed by atoms with Crippen LogP contribution in [0.3, 0.4) is 0 Å². The standard InChI is InChI=1S/C22H20N2O4S/c1-15-2-7-19(8-3-15)29(26,27)24-20-9-6-18(28-14-16-4-5-16)12-17(20)13-21(24)22(25)10-11-23/h2-3,6-9,12-13,16H,4-5,10,14H2,1H3. The van der Waals surface area contributed by atoms with E-state index in [9.17, 15) is 13.2 Å². The lowest BCUT2D eigenvalue weighted by Gasteiger charge is -2.11. The molecule has 0 spiro atoms. The number of nitriles is 1. The summed E-state index contributed by atoms with van der Waals surface area (Å²) in [6.45, 7) is 2.50. The Bertz CT molecular complexity index is 1230. The van der Waals surface area contributed by atoms with Crippen LogP contribution in [0.15, 0.2) is 53.4 Å². The second kappa shape index (κ2) is 7.37. The predicted molar refractivity (Wildman–Crippen MR) is 108 cm³/mol. The molecule has 0 N–H and O–H groups in total. The zero-order valence-corrected chi connectivity index (χ0v) is 16.8. The van der Waals surface area contributed by atoms with Crippen molar-refractivity contribution in [2.24, 2.45) is 5.92 Å². The van der Waals surface area contributed by atoms with Gasteiger partial charge in [0.05, 0.1) is 23.1 Å². The molecule has 1 saturated carbocycles. The minimum atomic E-state index is -4.02. The van der Waals surface area contributed by atoms with Gasteiger partial charge in [0.25, 0.3) is 10.0 Å². The summed E-state index contributed by atoms with van der Waals surface area (Å²) in [6.07, 6.45) is 1.94. The largest absolute Gasteiger partial charge is 0.493 e. The number of fused-ring (bicyclic) bond motifs is 1. The molecule has 6 nitrogen and oxygen atoms in total. The molecule has 0 radical (unpaired) electrons. The van der Waals surface area contributed by atoms with Gasteiger partial charge in [-0.3, -0.25) is 4.79 Å². The fourth-order valence-electron chi connectivity index (χ4n) is 3.19. The summed E-state index contributed by atoms with van der Waals surface area (Å²) >= 11 is 0. The van der Waals surface area contributed by atoms with Crippen molar-refractivity contribution in [2.75, 3.05) is 6.61 Å². The fraction of sp³-hybridized carbons (Fsp3) is 0.273. The molecule has 1 heterocycles. The number of carbonyl (C=O) groups is 1. The van der Waals surface area contributed by atoms with Crippen LogP contribution in [0.25, 0.3) is 10.9 Å². The topological polar surface area (TPSA) is 89.2 Å². The van der Waals surface area contributed by atoms with E-state index < -0.39 is 22.2 Å². The first kappa shape index (κ1) is 19.2. The Hall–Kier alpha value is -3.11. The van der Waals surface area contributed by atoms with Crippen LogP contribution in [-0.4, -0.2) is 24.8 Å². The quantitative estimate of drug-likeness (QED) is 0.550. The molecule has 1 aliphatic rings. The molecular weight excluding hydrogens is 388 g/mol. The molecule has 4 rings (SSSR count). The molecule has 1 aliphatic carbocycles. The van der Waals surface area contributed by atoms with Crippen LogP contribution in [0.2, 0.25) is 0 Å². The normalized spacial score (nSPS) is 13.9. The lowest BCUT2D eigenvalue weighted by Crippen LogP contribution is -2.18. The van der Waals surface area contributed by atoms with E-state index in [1.807, 2.05) is 6.92 Å². The average molecular weight is 408 g/mol. The molecule has 1 aromatic heterocycles. The Kier molecular flexibility index (Phi) is 4.89. The molecule has 0 atom stereocenters. The number of aryl methyl sites for hydroxylation is 1. The van der Waals surface area contributed by atoms with Gasteiger partial charge in [0.1, 0.15) is 17.9 Å². The number of Topliss-reactive ketones (excluding diaryl/α,β-unsaturated/α-hetero) is 1. The van der Waals surface area contributed by atoms with E-state index in [-0.39, 0.29) is 10.6 Å². The van der Waals surface area contributed by atoms with Gasteiger partial charge in [-0.05, 0) is 62.1 Å². The van der Waals surface area contributed by atoms with Gasteiger partial charge in [-0.15, -0.1) is 0 Å². The van der Waals surface area contributed by atoms with Crippen molar-refractivity contribution >= 4 is 26.7 Å². The first-order chi connectivity index (χ1) is 13.9. The molecule has 0 unspecified atom stereocenters. The maximum Gasteiger partial charge on any atom is 0.268 e. The number of nitrogens with zero attached hydrogens (tertiary/aromatic N) is 2. The van der Waals surface area contributed by atoms with Crippen molar-refractivity contribution in [1.29, 1.82) is 5.26 Å². The van der Waals surface area contributed by atoms with E-state index >= 15 is 0 Å². The summed E-state index contributed by atoms with van der Waals surface area (Å²) in [5, 5.41) is 9.52. The monoisotopic (exact) mass is 408 g/mol. The van der Waals surface area contributed by atoms with E-state index in [0.29, 0.717) is 29.2 Å². The lowest BCUT2D eigenvalue weighted by atomic mass is 10.2. The molecule has 148 valence electrons. The molecule has 0 saturated heterocycles. The highest BCUT2D eigenvalue weighted by Crippen LogP contribution is 2.32. The molecule has 0 bridgehead atoms. The van der Waals surface area contributed by atoms with Gasteiger partial charge in [-0.1, -0.05) is 17.7 Å². The Balaban J connectivity index is 1.85. The Morgan fingerprint density at radius 3 is 2.55 bits per heavy atom. The van der Waals surface area contributed by atoms with Gasteiger partial charge < -0.3 is 4.74 Å². The summed E-state index contributed by atoms with van der Waals surface area (Å²) < 4.78 is 33.5. The third kappa shape index (κ3) is 3.76. The molecule has 0 amide bonds. The predicted octanol–water partition coefficient (Wildman–Crippen LogP) is 4.07. The number of rotatable bonds is 7. The molecular formula is C22H20N2O4S. The van der Waals surface area contributed by atoms with Crippen LogP contribution in [-0.2, 0) is 10.0 Å². The van der Waals surface area contributed by atoms with Crippen molar-refractivity contribution < 1.29 is 17.9 Å². The highest BCUT2D eigenvalue weighted by atomic mass is 32.2. The highest BCUT2D eigenvalue weighted by Gasteiger charge is 2.27. The van der Waals surface area contributed by atoms with E-state index in [1.54, 1.807) is 36.4 Å². The van der Waals surface area contributed by atoms with Crippen molar-refractivity contribution in [3.63, 3.8) is 0 Å². The average Bonchev–Trinajstić information content (AvgIpc) is 3.44. The van der Waals surface area contributed by atoms with Gasteiger partial charge in [0.2, 0.25) is 0 Å². The van der Waals surface area contributed by atoms with E-state index in [1.165, 1.54) is 31.0 Å². The Labute approximate surface area is 169 Å². The third-order valence-electron chi connectivity index (χ3n) is 5.00. The second-order valence-corrected chi connectivity index (χ2v) is 9.13.